The Kier molecular flexibility index (Phi) is 5.47. The van der Waals surface area contributed by atoms with Crippen molar-refractivity contribution >= 4 is 5.69 Å². The molecule has 0 atom stereocenters. The van der Waals surface area contributed by atoms with Crippen LogP contribution in [0.2, 0.25) is 0 Å². The van der Waals surface area contributed by atoms with E-state index in [-0.39, 0.29) is 6.10 Å². The fourth-order valence-corrected chi connectivity index (χ4v) is 2.45. The summed E-state index contributed by atoms with van der Waals surface area (Å²) in [5.41, 5.74) is 5.85. The Bertz CT molecular complexity index is 426. The Hall–Kier alpha value is -1.27. The van der Waals surface area contributed by atoms with Gasteiger partial charge in [0, 0.05) is 18.3 Å². The van der Waals surface area contributed by atoms with Gasteiger partial charge in [-0.15, -0.1) is 0 Å². The van der Waals surface area contributed by atoms with Crippen molar-refractivity contribution in [3.63, 3.8) is 0 Å². The highest BCUT2D eigenvalue weighted by Gasteiger charge is 2.29. The highest BCUT2D eigenvalue weighted by atomic mass is 19.4. The third kappa shape index (κ3) is 5.21. The second kappa shape index (κ2) is 7.13. The minimum atomic E-state index is -4.29. The number of nitrogens with one attached hydrogen (secondary N) is 1. The molecule has 0 aliphatic heterocycles. The molecule has 0 aromatic heterocycles. The number of benzene rings is 1. The lowest BCUT2D eigenvalue weighted by molar-refractivity contribution is -0.137. The van der Waals surface area contributed by atoms with Gasteiger partial charge in [0.15, 0.2) is 0 Å². The lowest BCUT2D eigenvalue weighted by Gasteiger charge is -2.26. The van der Waals surface area contributed by atoms with Crippen molar-refractivity contribution in [3.05, 3.63) is 29.8 Å². The van der Waals surface area contributed by atoms with Crippen LogP contribution in [0.25, 0.3) is 0 Å². The molecule has 3 nitrogen and oxygen atoms in total. The average Bonchev–Trinajstić information content (AvgIpc) is 2.45. The molecule has 3 N–H and O–H groups in total. The van der Waals surface area contributed by atoms with Gasteiger partial charge < -0.3 is 15.8 Å². The zero-order chi connectivity index (χ0) is 15.3. The van der Waals surface area contributed by atoms with Crippen LogP contribution in [0, 0.1) is 0 Å². The highest BCUT2D eigenvalue weighted by Crippen LogP contribution is 2.29. The Morgan fingerprint density at radius 2 is 1.71 bits per heavy atom. The van der Waals surface area contributed by atoms with E-state index in [9.17, 15) is 13.2 Å². The Morgan fingerprint density at radius 1 is 1.10 bits per heavy atom. The molecule has 1 aliphatic carbocycles. The third-order valence-corrected chi connectivity index (χ3v) is 3.72. The van der Waals surface area contributed by atoms with E-state index in [4.69, 9.17) is 10.5 Å². The largest absolute Gasteiger partial charge is 0.416 e. The van der Waals surface area contributed by atoms with Crippen molar-refractivity contribution in [1.29, 1.82) is 0 Å². The van der Waals surface area contributed by atoms with Crippen molar-refractivity contribution in [2.45, 2.75) is 44.0 Å². The highest BCUT2D eigenvalue weighted by molar-refractivity contribution is 5.45. The van der Waals surface area contributed by atoms with E-state index in [1.54, 1.807) is 0 Å². The van der Waals surface area contributed by atoms with Crippen LogP contribution in [0.1, 0.15) is 31.2 Å². The van der Waals surface area contributed by atoms with E-state index < -0.39 is 11.7 Å². The summed E-state index contributed by atoms with van der Waals surface area (Å²) in [4.78, 5) is 0. The van der Waals surface area contributed by atoms with E-state index in [0.717, 1.165) is 37.8 Å². The SMILES string of the molecule is NC1CCC(OCCNc2ccc(C(F)(F)F)cc2)CC1. The van der Waals surface area contributed by atoms with Crippen molar-refractivity contribution < 1.29 is 17.9 Å². The van der Waals surface area contributed by atoms with E-state index in [0.29, 0.717) is 24.9 Å². The third-order valence-electron chi connectivity index (χ3n) is 3.72. The lowest BCUT2D eigenvalue weighted by Crippen LogP contribution is -2.31. The molecule has 118 valence electrons. The molecule has 1 saturated carbocycles. The molecule has 1 aromatic rings. The van der Waals surface area contributed by atoms with Crippen LogP contribution in [-0.4, -0.2) is 25.3 Å². The molecule has 0 bridgehead atoms. The maximum atomic E-state index is 12.4. The van der Waals surface area contributed by atoms with Crippen LogP contribution in [0.3, 0.4) is 0 Å². The molecule has 1 aliphatic rings. The lowest BCUT2D eigenvalue weighted by atomic mass is 9.94. The predicted octanol–water partition coefficient (Wildman–Crippen LogP) is 3.40. The summed E-state index contributed by atoms with van der Waals surface area (Å²) in [6.07, 6.45) is -0.0559. The second-order valence-corrected chi connectivity index (χ2v) is 5.41. The number of ether oxygens (including phenoxy) is 1. The Labute approximate surface area is 122 Å². The fourth-order valence-electron chi connectivity index (χ4n) is 2.45. The summed E-state index contributed by atoms with van der Waals surface area (Å²) >= 11 is 0. The monoisotopic (exact) mass is 302 g/mol. The predicted molar refractivity (Wildman–Crippen MR) is 76.1 cm³/mol. The van der Waals surface area contributed by atoms with Gasteiger partial charge in [-0.3, -0.25) is 0 Å². The minimum Gasteiger partial charge on any atom is -0.383 e. The van der Waals surface area contributed by atoms with Gasteiger partial charge in [0.25, 0.3) is 0 Å². The van der Waals surface area contributed by atoms with Crippen molar-refractivity contribution in [2.24, 2.45) is 5.73 Å². The van der Waals surface area contributed by atoms with Crippen molar-refractivity contribution in [1.82, 2.24) is 0 Å². The van der Waals surface area contributed by atoms with Gasteiger partial charge >= 0.3 is 6.18 Å². The van der Waals surface area contributed by atoms with Gasteiger partial charge in [0.05, 0.1) is 18.3 Å². The fraction of sp³-hybridized carbons (Fsp3) is 0.600. The number of nitrogens with two attached hydrogens (primary N) is 1. The smallest absolute Gasteiger partial charge is 0.383 e. The molecule has 6 heteroatoms. The van der Waals surface area contributed by atoms with Gasteiger partial charge in [0.2, 0.25) is 0 Å². The number of hydrogen-bond acceptors (Lipinski definition) is 3. The van der Waals surface area contributed by atoms with Crippen LogP contribution in [0.4, 0.5) is 18.9 Å². The van der Waals surface area contributed by atoms with E-state index >= 15 is 0 Å². The standard InChI is InChI=1S/C15H21F3N2O/c16-15(17,18)11-1-5-13(6-2-11)20-9-10-21-14-7-3-12(19)4-8-14/h1-2,5-6,12,14,20H,3-4,7-10,19H2. The molecule has 1 aromatic carbocycles. The molecule has 21 heavy (non-hydrogen) atoms. The topological polar surface area (TPSA) is 47.3 Å². The summed E-state index contributed by atoms with van der Waals surface area (Å²) in [7, 11) is 0. The molecule has 0 spiro atoms. The first-order chi connectivity index (χ1) is 9.95. The zero-order valence-corrected chi connectivity index (χ0v) is 11.8. The second-order valence-electron chi connectivity index (χ2n) is 5.41. The van der Waals surface area contributed by atoms with E-state index in [1.807, 2.05) is 0 Å². The summed E-state index contributed by atoms with van der Waals surface area (Å²) in [6, 6.07) is 5.32. The number of rotatable bonds is 5. The number of anilines is 1. The summed E-state index contributed by atoms with van der Waals surface area (Å²) in [6.45, 7) is 1.12. The molecular formula is C15H21F3N2O. The van der Waals surface area contributed by atoms with Gasteiger partial charge in [0.1, 0.15) is 0 Å². The normalized spacial score (nSPS) is 23.0. The maximum Gasteiger partial charge on any atom is 0.416 e. The van der Waals surface area contributed by atoms with Gasteiger partial charge in [-0.25, -0.2) is 0 Å². The number of alkyl halides is 3. The summed E-state index contributed by atoms with van der Waals surface area (Å²) < 4.78 is 43.0. The van der Waals surface area contributed by atoms with E-state index in [1.165, 1.54) is 12.1 Å². The molecule has 2 rings (SSSR count). The first-order valence-corrected chi connectivity index (χ1v) is 7.23. The molecule has 1 fully saturated rings. The van der Waals surface area contributed by atoms with Gasteiger partial charge in [-0.2, -0.15) is 13.2 Å². The Morgan fingerprint density at radius 3 is 2.29 bits per heavy atom. The first kappa shape index (κ1) is 16.1. The van der Waals surface area contributed by atoms with Crippen LogP contribution < -0.4 is 11.1 Å². The molecule has 0 heterocycles. The quantitative estimate of drug-likeness (QED) is 0.820. The maximum absolute atomic E-state index is 12.4. The van der Waals surface area contributed by atoms with Crippen molar-refractivity contribution in [3.8, 4) is 0 Å². The average molecular weight is 302 g/mol. The van der Waals surface area contributed by atoms with Crippen molar-refractivity contribution in [2.75, 3.05) is 18.5 Å². The molecular weight excluding hydrogens is 281 g/mol. The molecule has 0 amide bonds. The zero-order valence-electron chi connectivity index (χ0n) is 11.8. The summed E-state index contributed by atoms with van der Waals surface area (Å²) in [5, 5.41) is 3.05. The minimum absolute atomic E-state index is 0.263. The van der Waals surface area contributed by atoms with Crippen LogP contribution in [0.5, 0.6) is 0 Å². The van der Waals surface area contributed by atoms with Gasteiger partial charge in [-0.1, -0.05) is 0 Å². The van der Waals surface area contributed by atoms with Crippen LogP contribution >= 0.6 is 0 Å². The number of hydrogen-bond donors (Lipinski definition) is 2. The molecule has 0 unspecified atom stereocenters. The van der Waals surface area contributed by atoms with Crippen LogP contribution in [-0.2, 0) is 10.9 Å². The molecule has 0 saturated heterocycles. The number of halogens is 3. The Balaban J connectivity index is 1.67. The van der Waals surface area contributed by atoms with Gasteiger partial charge in [-0.05, 0) is 49.9 Å². The van der Waals surface area contributed by atoms with E-state index in [2.05, 4.69) is 5.32 Å². The summed E-state index contributed by atoms with van der Waals surface area (Å²) in [5.74, 6) is 0. The molecule has 0 radical (unpaired) electrons. The first-order valence-electron chi connectivity index (χ1n) is 7.23. The van der Waals surface area contributed by atoms with Crippen LogP contribution in [0.15, 0.2) is 24.3 Å².